The first-order chi connectivity index (χ1) is 9.60. The number of hydrogen-bond acceptors (Lipinski definition) is 5. The molecule has 0 aliphatic carbocycles. The summed E-state index contributed by atoms with van der Waals surface area (Å²) in [6.45, 7) is 2.16. The van der Waals surface area contributed by atoms with E-state index < -0.39 is 5.97 Å². The number of aryl methyl sites for hydroxylation is 1. The first kappa shape index (κ1) is 14.0. The molecule has 6 heteroatoms. The molecule has 104 valence electrons. The highest BCUT2D eigenvalue weighted by atomic mass is 16.5. The van der Waals surface area contributed by atoms with Crippen LogP contribution in [0.5, 0.6) is 0 Å². The second-order valence-electron chi connectivity index (χ2n) is 4.26. The number of carboxylic acid groups (broad SMARTS) is 1. The molecule has 0 aliphatic heterocycles. The van der Waals surface area contributed by atoms with Crippen LogP contribution in [0.2, 0.25) is 0 Å². The van der Waals surface area contributed by atoms with Crippen molar-refractivity contribution in [3.8, 4) is 0 Å². The third-order valence-corrected chi connectivity index (χ3v) is 2.70. The number of benzene rings is 1. The second-order valence-corrected chi connectivity index (χ2v) is 4.26. The van der Waals surface area contributed by atoms with E-state index in [4.69, 9.17) is 9.84 Å². The number of nitrogens with zero attached hydrogens (tertiary/aromatic N) is 2. The molecule has 0 saturated heterocycles. The molecule has 1 aromatic heterocycles. The highest BCUT2D eigenvalue weighted by Crippen LogP contribution is 2.16. The van der Waals surface area contributed by atoms with Crippen LogP contribution in [0.3, 0.4) is 0 Å². The highest BCUT2D eigenvalue weighted by Gasteiger charge is 2.09. The molecule has 2 aromatic rings. The van der Waals surface area contributed by atoms with E-state index in [-0.39, 0.29) is 5.56 Å². The predicted octanol–water partition coefficient (Wildman–Crippen LogP) is 2.37. The summed E-state index contributed by atoms with van der Waals surface area (Å²) in [7, 11) is 1.64. The van der Waals surface area contributed by atoms with Crippen molar-refractivity contribution in [3.63, 3.8) is 0 Å². The number of aromatic nitrogens is 2. The number of hydrogen-bond donors (Lipinski definition) is 2. The highest BCUT2D eigenvalue weighted by molar-refractivity contribution is 5.88. The lowest BCUT2D eigenvalue weighted by molar-refractivity contribution is 0.0695. The van der Waals surface area contributed by atoms with Crippen LogP contribution in [0, 0.1) is 6.92 Å². The summed E-state index contributed by atoms with van der Waals surface area (Å²) in [6.07, 6.45) is 1.30. The predicted molar refractivity (Wildman–Crippen MR) is 74.2 cm³/mol. The first-order valence-corrected chi connectivity index (χ1v) is 6.02. The van der Waals surface area contributed by atoms with Gasteiger partial charge in [-0.1, -0.05) is 12.1 Å². The Morgan fingerprint density at radius 3 is 2.90 bits per heavy atom. The number of nitrogens with one attached hydrogen (secondary N) is 1. The maximum atomic E-state index is 10.9. The summed E-state index contributed by atoms with van der Waals surface area (Å²) in [5.41, 5.74) is 2.37. The summed E-state index contributed by atoms with van der Waals surface area (Å²) in [6, 6.07) is 7.65. The van der Waals surface area contributed by atoms with Gasteiger partial charge in [0.05, 0.1) is 17.9 Å². The fraction of sp³-hybridized carbons (Fsp3) is 0.214. The van der Waals surface area contributed by atoms with E-state index in [1.807, 2.05) is 24.3 Å². The number of ether oxygens (including phenoxy) is 1. The van der Waals surface area contributed by atoms with Crippen LogP contribution in [0.1, 0.15) is 21.6 Å². The van der Waals surface area contributed by atoms with Gasteiger partial charge in [-0.15, -0.1) is 0 Å². The van der Waals surface area contributed by atoms with E-state index in [0.717, 1.165) is 11.3 Å². The molecule has 2 N–H and O–H groups in total. The SMILES string of the molecule is COCc1cccc(Nc2ncc(C(=O)O)c(C)n2)c1. The van der Waals surface area contributed by atoms with Gasteiger partial charge >= 0.3 is 5.97 Å². The largest absolute Gasteiger partial charge is 0.478 e. The zero-order chi connectivity index (χ0) is 14.5. The summed E-state index contributed by atoms with van der Waals surface area (Å²) in [5, 5.41) is 12.0. The number of carbonyl (C=O) groups is 1. The third-order valence-electron chi connectivity index (χ3n) is 2.70. The molecule has 0 spiro atoms. The average molecular weight is 273 g/mol. The zero-order valence-electron chi connectivity index (χ0n) is 11.3. The number of carboxylic acids is 1. The number of anilines is 2. The summed E-state index contributed by atoms with van der Waals surface area (Å²) in [5.74, 6) is -0.668. The first-order valence-electron chi connectivity index (χ1n) is 6.02. The molecule has 0 radical (unpaired) electrons. The fourth-order valence-electron chi connectivity index (χ4n) is 1.77. The van der Waals surface area contributed by atoms with E-state index >= 15 is 0 Å². The van der Waals surface area contributed by atoms with E-state index in [1.165, 1.54) is 6.20 Å². The van der Waals surface area contributed by atoms with Gasteiger partial charge in [0.2, 0.25) is 5.95 Å². The molecule has 0 amide bonds. The van der Waals surface area contributed by atoms with Crippen LogP contribution in [0.4, 0.5) is 11.6 Å². The minimum Gasteiger partial charge on any atom is -0.478 e. The molecule has 0 unspecified atom stereocenters. The van der Waals surface area contributed by atoms with Gasteiger partial charge in [0, 0.05) is 19.0 Å². The van der Waals surface area contributed by atoms with E-state index in [2.05, 4.69) is 15.3 Å². The van der Waals surface area contributed by atoms with Crippen molar-refractivity contribution in [2.75, 3.05) is 12.4 Å². The van der Waals surface area contributed by atoms with Gasteiger partial charge in [-0.05, 0) is 24.6 Å². The van der Waals surface area contributed by atoms with Crippen LogP contribution in [0.25, 0.3) is 0 Å². The number of aromatic carboxylic acids is 1. The molecule has 1 aromatic carbocycles. The second kappa shape index (κ2) is 6.12. The molecular weight excluding hydrogens is 258 g/mol. The molecule has 6 nitrogen and oxygen atoms in total. The Morgan fingerprint density at radius 2 is 2.25 bits per heavy atom. The Hall–Kier alpha value is -2.47. The molecule has 0 aliphatic rings. The molecule has 0 atom stereocenters. The molecule has 1 heterocycles. The lowest BCUT2D eigenvalue weighted by Crippen LogP contribution is -2.06. The maximum Gasteiger partial charge on any atom is 0.339 e. The number of methoxy groups -OCH3 is 1. The van der Waals surface area contributed by atoms with Crippen molar-refractivity contribution in [3.05, 3.63) is 47.3 Å². The van der Waals surface area contributed by atoms with Gasteiger partial charge in [0.1, 0.15) is 0 Å². The van der Waals surface area contributed by atoms with Crippen LogP contribution in [-0.4, -0.2) is 28.2 Å². The zero-order valence-corrected chi connectivity index (χ0v) is 11.3. The van der Waals surface area contributed by atoms with Crippen molar-refractivity contribution >= 4 is 17.6 Å². The summed E-state index contributed by atoms with van der Waals surface area (Å²) >= 11 is 0. The van der Waals surface area contributed by atoms with Crippen LogP contribution in [-0.2, 0) is 11.3 Å². The van der Waals surface area contributed by atoms with Crippen LogP contribution < -0.4 is 5.32 Å². The molecule has 0 bridgehead atoms. The van der Waals surface area contributed by atoms with Crippen molar-refractivity contribution in [2.24, 2.45) is 0 Å². The molecule has 0 fully saturated rings. The van der Waals surface area contributed by atoms with Gasteiger partial charge in [-0.25, -0.2) is 14.8 Å². The minimum absolute atomic E-state index is 0.101. The average Bonchev–Trinajstić information content (AvgIpc) is 2.39. The minimum atomic E-state index is -1.03. The van der Waals surface area contributed by atoms with Crippen LogP contribution in [0.15, 0.2) is 30.5 Å². The standard InChI is InChI=1S/C14H15N3O3/c1-9-12(13(18)19)7-15-14(16-9)17-11-5-3-4-10(6-11)8-20-2/h3-7H,8H2,1-2H3,(H,18,19)(H,15,16,17). The van der Waals surface area contributed by atoms with E-state index in [9.17, 15) is 4.79 Å². The lowest BCUT2D eigenvalue weighted by atomic mass is 10.2. The smallest absolute Gasteiger partial charge is 0.339 e. The Balaban J connectivity index is 2.19. The van der Waals surface area contributed by atoms with E-state index in [1.54, 1.807) is 14.0 Å². The maximum absolute atomic E-state index is 10.9. The van der Waals surface area contributed by atoms with Crippen molar-refractivity contribution < 1.29 is 14.6 Å². The number of rotatable bonds is 5. The van der Waals surface area contributed by atoms with E-state index in [0.29, 0.717) is 18.2 Å². The molecule has 20 heavy (non-hydrogen) atoms. The molecular formula is C14H15N3O3. The Labute approximate surface area is 116 Å². The van der Waals surface area contributed by atoms with Gasteiger partial charge in [-0.3, -0.25) is 0 Å². The summed E-state index contributed by atoms with van der Waals surface area (Å²) in [4.78, 5) is 19.0. The topological polar surface area (TPSA) is 84.3 Å². The Kier molecular flexibility index (Phi) is 4.27. The third kappa shape index (κ3) is 3.30. The molecule has 2 rings (SSSR count). The van der Waals surface area contributed by atoms with Gasteiger partial charge in [0.15, 0.2) is 0 Å². The fourth-order valence-corrected chi connectivity index (χ4v) is 1.77. The van der Waals surface area contributed by atoms with Crippen molar-refractivity contribution in [1.29, 1.82) is 0 Å². The van der Waals surface area contributed by atoms with Gasteiger partial charge in [0.25, 0.3) is 0 Å². The van der Waals surface area contributed by atoms with Crippen LogP contribution >= 0.6 is 0 Å². The lowest BCUT2D eigenvalue weighted by Gasteiger charge is -2.08. The molecule has 0 saturated carbocycles. The Bertz CT molecular complexity index is 629. The normalized spacial score (nSPS) is 10.3. The quantitative estimate of drug-likeness (QED) is 0.870. The summed E-state index contributed by atoms with van der Waals surface area (Å²) < 4.78 is 5.07. The van der Waals surface area contributed by atoms with Gasteiger partial charge in [-0.2, -0.15) is 0 Å². The van der Waals surface area contributed by atoms with Crippen molar-refractivity contribution in [1.82, 2.24) is 9.97 Å². The van der Waals surface area contributed by atoms with Gasteiger partial charge < -0.3 is 15.2 Å². The van der Waals surface area contributed by atoms with Crippen molar-refractivity contribution in [2.45, 2.75) is 13.5 Å². The Morgan fingerprint density at radius 1 is 1.45 bits per heavy atom. The monoisotopic (exact) mass is 273 g/mol.